The van der Waals surface area contributed by atoms with E-state index < -0.39 is 0 Å². The Kier molecular flexibility index (Phi) is 2.67. The van der Waals surface area contributed by atoms with Crippen LogP contribution in [0.4, 0.5) is 0 Å². The fraction of sp³-hybridized carbons (Fsp3) is 0.125. The van der Waals surface area contributed by atoms with Crippen molar-refractivity contribution in [3.8, 4) is 0 Å². The summed E-state index contributed by atoms with van der Waals surface area (Å²) in [6.45, 7) is 3.99. The lowest BCUT2D eigenvalue weighted by Crippen LogP contribution is -2.03. The standard InChI is InChI=1S/C16H14N2O/c1-11-6-7-13(12(2)9-11)16(19)14-10-17-18-8-4-3-5-15(14)18/h3-10H,1-2H3. The molecule has 2 aromatic heterocycles. The Labute approximate surface area is 111 Å². The number of fused-ring (bicyclic) bond motifs is 1. The van der Waals surface area contributed by atoms with Gasteiger partial charge >= 0.3 is 0 Å². The monoisotopic (exact) mass is 250 g/mol. The van der Waals surface area contributed by atoms with Crippen LogP contribution < -0.4 is 0 Å². The zero-order valence-corrected chi connectivity index (χ0v) is 10.9. The average molecular weight is 250 g/mol. The van der Waals surface area contributed by atoms with Crippen molar-refractivity contribution in [3.63, 3.8) is 0 Å². The van der Waals surface area contributed by atoms with Crippen LogP contribution in [0.2, 0.25) is 0 Å². The smallest absolute Gasteiger partial charge is 0.197 e. The fourth-order valence-corrected chi connectivity index (χ4v) is 2.32. The van der Waals surface area contributed by atoms with Crippen molar-refractivity contribution in [2.24, 2.45) is 0 Å². The highest BCUT2D eigenvalue weighted by Gasteiger charge is 2.16. The summed E-state index contributed by atoms with van der Waals surface area (Å²) in [4.78, 5) is 12.6. The third-order valence-corrected chi connectivity index (χ3v) is 3.30. The van der Waals surface area contributed by atoms with Crippen molar-refractivity contribution in [1.29, 1.82) is 0 Å². The second kappa shape index (κ2) is 4.35. The molecule has 0 aliphatic heterocycles. The minimum atomic E-state index is 0.0266. The Morgan fingerprint density at radius 2 is 1.95 bits per heavy atom. The average Bonchev–Trinajstić information content (AvgIpc) is 2.82. The van der Waals surface area contributed by atoms with Crippen LogP contribution in [-0.2, 0) is 0 Å². The second-order valence-corrected chi connectivity index (χ2v) is 4.74. The highest BCUT2D eigenvalue weighted by molar-refractivity contribution is 6.13. The van der Waals surface area contributed by atoms with E-state index in [1.807, 2.05) is 56.4 Å². The number of pyridine rings is 1. The van der Waals surface area contributed by atoms with Gasteiger partial charge in [0.25, 0.3) is 0 Å². The molecule has 0 saturated carbocycles. The third-order valence-electron chi connectivity index (χ3n) is 3.30. The first-order chi connectivity index (χ1) is 9.16. The van der Waals surface area contributed by atoms with Gasteiger partial charge in [0.05, 0.1) is 17.3 Å². The summed E-state index contributed by atoms with van der Waals surface area (Å²) in [6.07, 6.45) is 3.48. The van der Waals surface area contributed by atoms with E-state index in [1.165, 1.54) is 0 Å². The number of nitrogens with zero attached hydrogens (tertiary/aromatic N) is 2. The van der Waals surface area contributed by atoms with E-state index in [4.69, 9.17) is 0 Å². The summed E-state index contributed by atoms with van der Waals surface area (Å²) < 4.78 is 1.72. The van der Waals surface area contributed by atoms with Crippen LogP contribution in [-0.4, -0.2) is 15.4 Å². The third kappa shape index (κ3) is 1.93. The van der Waals surface area contributed by atoms with Gasteiger partial charge in [-0.2, -0.15) is 5.10 Å². The van der Waals surface area contributed by atoms with Gasteiger partial charge in [0, 0.05) is 11.8 Å². The number of aromatic nitrogens is 2. The van der Waals surface area contributed by atoms with Gasteiger partial charge < -0.3 is 0 Å². The van der Waals surface area contributed by atoms with Gasteiger partial charge in [-0.05, 0) is 31.5 Å². The van der Waals surface area contributed by atoms with Crippen LogP contribution >= 0.6 is 0 Å². The SMILES string of the molecule is Cc1ccc(C(=O)c2cnn3ccccc23)c(C)c1. The molecule has 3 rings (SSSR count). The number of carbonyl (C=O) groups is 1. The molecule has 3 heteroatoms. The molecule has 0 radical (unpaired) electrons. The van der Waals surface area contributed by atoms with Crippen molar-refractivity contribution in [3.05, 3.63) is 71.0 Å². The normalized spacial score (nSPS) is 10.8. The first-order valence-corrected chi connectivity index (χ1v) is 6.21. The molecule has 0 saturated heterocycles. The van der Waals surface area contributed by atoms with Crippen LogP contribution in [0.15, 0.2) is 48.8 Å². The number of carbonyl (C=O) groups excluding carboxylic acids is 1. The topological polar surface area (TPSA) is 34.4 Å². The molecule has 0 bridgehead atoms. The maximum atomic E-state index is 12.6. The lowest BCUT2D eigenvalue weighted by atomic mass is 9.98. The fourth-order valence-electron chi connectivity index (χ4n) is 2.32. The highest BCUT2D eigenvalue weighted by Crippen LogP contribution is 2.18. The second-order valence-electron chi connectivity index (χ2n) is 4.74. The van der Waals surface area contributed by atoms with Crippen LogP contribution in [0.5, 0.6) is 0 Å². The molecule has 0 fully saturated rings. The zero-order chi connectivity index (χ0) is 13.4. The minimum absolute atomic E-state index is 0.0266. The van der Waals surface area contributed by atoms with Gasteiger partial charge in [0.15, 0.2) is 5.78 Å². The number of aryl methyl sites for hydroxylation is 2. The van der Waals surface area contributed by atoms with E-state index in [0.717, 1.165) is 22.2 Å². The molecule has 1 aromatic carbocycles. The molecular weight excluding hydrogens is 236 g/mol. The Balaban J connectivity index is 2.13. The minimum Gasteiger partial charge on any atom is -0.288 e. The Morgan fingerprint density at radius 1 is 1.11 bits per heavy atom. The van der Waals surface area contributed by atoms with Gasteiger partial charge in [0.2, 0.25) is 0 Å². The number of rotatable bonds is 2. The van der Waals surface area contributed by atoms with Crippen molar-refractivity contribution in [2.45, 2.75) is 13.8 Å². The first kappa shape index (κ1) is 11.7. The van der Waals surface area contributed by atoms with E-state index in [-0.39, 0.29) is 5.78 Å². The summed E-state index contributed by atoms with van der Waals surface area (Å²) in [5.41, 5.74) is 4.39. The molecule has 0 unspecified atom stereocenters. The van der Waals surface area contributed by atoms with E-state index in [1.54, 1.807) is 10.7 Å². The van der Waals surface area contributed by atoms with Gasteiger partial charge in [-0.15, -0.1) is 0 Å². The molecule has 0 amide bonds. The maximum Gasteiger partial charge on any atom is 0.197 e. The molecule has 0 N–H and O–H groups in total. The molecule has 94 valence electrons. The first-order valence-electron chi connectivity index (χ1n) is 6.21. The Hall–Kier alpha value is -2.42. The predicted molar refractivity (Wildman–Crippen MR) is 74.5 cm³/mol. The van der Waals surface area contributed by atoms with Crippen molar-refractivity contribution >= 4 is 11.3 Å². The molecule has 3 aromatic rings. The van der Waals surface area contributed by atoms with Crippen molar-refractivity contribution < 1.29 is 4.79 Å². The van der Waals surface area contributed by atoms with Crippen LogP contribution in [0, 0.1) is 13.8 Å². The zero-order valence-electron chi connectivity index (χ0n) is 10.9. The molecule has 0 aliphatic rings. The maximum absolute atomic E-state index is 12.6. The molecule has 0 aliphatic carbocycles. The van der Waals surface area contributed by atoms with E-state index in [0.29, 0.717) is 5.56 Å². The molecule has 19 heavy (non-hydrogen) atoms. The summed E-state index contributed by atoms with van der Waals surface area (Å²) >= 11 is 0. The van der Waals surface area contributed by atoms with E-state index in [2.05, 4.69) is 5.10 Å². The van der Waals surface area contributed by atoms with Crippen LogP contribution in [0.3, 0.4) is 0 Å². The molecule has 0 spiro atoms. The van der Waals surface area contributed by atoms with Gasteiger partial charge in [0.1, 0.15) is 0 Å². The Morgan fingerprint density at radius 3 is 2.74 bits per heavy atom. The summed E-state index contributed by atoms with van der Waals surface area (Å²) in [6, 6.07) is 11.6. The van der Waals surface area contributed by atoms with Crippen LogP contribution in [0.25, 0.3) is 5.52 Å². The predicted octanol–water partition coefficient (Wildman–Crippen LogP) is 3.18. The quantitative estimate of drug-likeness (QED) is 0.655. The van der Waals surface area contributed by atoms with E-state index in [9.17, 15) is 4.79 Å². The number of hydrogen-bond acceptors (Lipinski definition) is 2. The lowest BCUT2D eigenvalue weighted by molar-refractivity contribution is 0.103. The van der Waals surface area contributed by atoms with E-state index >= 15 is 0 Å². The molecule has 2 heterocycles. The number of ketones is 1. The Bertz CT molecular complexity index is 771. The largest absolute Gasteiger partial charge is 0.288 e. The van der Waals surface area contributed by atoms with Gasteiger partial charge in [-0.1, -0.05) is 29.8 Å². The summed E-state index contributed by atoms with van der Waals surface area (Å²) in [5, 5.41) is 4.21. The molecular formula is C16H14N2O. The summed E-state index contributed by atoms with van der Waals surface area (Å²) in [7, 11) is 0. The highest BCUT2D eigenvalue weighted by atomic mass is 16.1. The number of benzene rings is 1. The number of hydrogen-bond donors (Lipinski definition) is 0. The molecule has 0 atom stereocenters. The van der Waals surface area contributed by atoms with Crippen molar-refractivity contribution in [1.82, 2.24) is 9.61 Å². The van der Waals surface area contributed by atoms with Gasteiger partial charge in [-0.25, -0.2) is 4.52 Å². The van der Waals surface area contributed by atoms with Gasteiger partial charge in [-0.3, -0.25) is 4.79 Å². The van der Waals surface area contributed by atoms with Crippen LogP contribution in [0.1, 0.15) is 27.0 Å². The lowest BCUT2D eigenvalue weighted by Gasteiger charge is -2.05. The summed E-state index contributed by atoms with van der Waals surface area (Å²) in [5.74, 6) is 0.0266. The van der Waals surface area contributed by atoms with Crippen molar-refractivity contribution in [2.75, 3.05) is 0 Å². The molecule has 3 nitrogen and oxygen atoms in total.